The van der Waals surface area contributed by atoms with Crippen LogP contribution in [0.25, 0.3) is 0 Å². The molecule has 0 radical (unpaired) electrons. The van der Waals surface area contributed by atoms with E-state index in [1.54, 1.807) is 6.26 Å². The summed E-state index contributed by atoms with van der Waals surface area (Å²) in [6.07, 6.45) is 4.91. The second-order valence-corrected chi connectivity index (χ2v) is 8.62. The largest absolute Gasteiger partial charge is 0.467 e. The van der Waals surface area contributed by atoms with Crippen LogP contribution in [0.4, 0.5) is 0 Å². The Bertz CT molecular complexity index is 907. The Morgan fingerprint density at radius 2 is 2.00 bits per heavy atom. The molecule has 0 N–H and O–H groups in total. The lowest BCUT2D eigenvalue weighted by molar-refractivity contribution is -0.151. The fraction of sp³-hybridized carbons (Fsp3) is 0.500. The molecule has 2 aromatic rings. The Morgan fingerprint density at radius 1 is 1.17 bits per heavy atom. The molecule has 5 nitrogen and oxygen atoms in total. The highest BCUT2D eigenvalue weighted by Crippen LogP contribution is 2.53. The molecule has 1 aromatic heterocycles. The van der Waals surface area contributed by atoms with E-state index in [1.165, 1.54) is 5.56 Å². The molecule has 2 fully saturated rings. The van der Waals surface area contributed by atoms with Crippen LogP contribution in [-0.4, -0.2) is 28.5 Å². The molecule has 1 unspecified atom stereocenters. The summed E-state index contributed by atoms with van der Waals surface area (Å²) >= 11 is 0. The standard InChI is InChI=1S/C24H28N2O3/c1-3-8-22-25-21-13-19(17-9-5-4-6-10-17)16(2)20-14-24(21,29-22)26(23(20)27)15-18-11-7-12-28-18/h4-7,9-12,16,19-20,22H,3,8,13-15H2,1-2H3/t16-,19+,20?,22-,24+/m1/s1. The summed E-state index contributed by atoms with van der Waals surface area (Å²) in [6.45, 7) is 4.80. The molecule has 152 valence electrons. The molecule has 1 saturated heterocycles. The fourth-order valence-corrected chi connectivity index (χ4v) is 5.41. The molecule has 3 aliphatic rings. The molecule has 2 aliphatic heterocycles. The van der Waals surface area contributed by atoms with Crippen molar-refractivity contribution >= 4 is 11.6 Å². The highest BCUT2D eigenvalue weighted by molar-refractivity contribution is 6.01. The summed E-state index contributed by atoms with van der Waals surface area (Å²) in [5.74, 6) is 1.39. The van der Waals surface area contributed by atoms with Crippen molar-refractivity contribution in [1.29, 1.82) is 0 Å². The van der Waals surface area contributed by atoms with Gasteiger partial charge in [-0.3, -0.25) is 9.79 Å². The number of fused-ring (bicyclic) bond motifs is 1. The van der Waals surface area contributed by atoms with Gasteiger partial charge in [0.15, 0.2) is 12.0 Å². The number of furan rings is 1. The zero-order chi connectivity index (χ0) is 20.0. The summed E-state index contributed by atoms with van der Waals surface area (Å²) in [6, 6.07) is 14.4. The van der Waals surface area contributed by atoms with E-state index in [1.807, 2.05) is 23.1 Å². The SMILES string of the molecule is CCC[C@@H]1N=C2C[C@H](c3ccccc3)[C@@H](C)C3C[C@@]2(O1)N(Cc1ccco1)C3=O. The number of likely N-dealkylation sites (tertiary alicyclic amines) is 1. The number of aliphatic imine (C=N–C) groups is 1. The summed E-state index contributed by atoms with van der Waals surface area (Å²) in [5.41, 5.74) is 1.61. The van der Waals surface area contributed by atoms with Gasteiger partial charge in [-0.2, -0.15) is 0 Å². The molecule has 1 aliphatic carbocycles. The summed E-state index contributed by atoms with van der Waals surface area (Å²) in [4.78, 5) is 20.5. The van der Waals surface area contributed by atoms with E-state index in [4.69, 9.17) is 14.1 Å². The molecule has 5 rings (SSSR count). The van der Waals surface area contributed by atoms with Gasteiger partial charge in [0.2, 0.25) is 5.91 Å². The maximum Gasteiger partial charge on any atom is 0.229 e. The predicted octanol–water partition coefficient (Wildman–Crippen LogP) is 4.75. The number of rotatable bonds is 5. The van der Waals surface area contributed by atoms with E-state index in [0.717, 1.165) is 30.7 Å². The Morgan fingerprint density at radius 3 is 2.72 bits per heavy atom. The Labute approximate surface area is 171 Å². The van der Waals surface area contributed by atoms with Crippen molar-refractivity contribution in [1.82, 2.24) is 4.90 Å². The van der Waals surface area contributed by atoms with Crippen LogP contribution in [0.3, 0.4) is 0 Å². The van der Waals surface area contributed by atoms with E-state index in [9.17, 15) is 4.79 Å². The minimum atomic E-state index is -0.716. The molecular formula is C24H28N2O3. The number of ether oxygens (including phenoxy) is 1. The monoisotopic (exact) mass is 392 g/mol. The molecule has 5 heteroatoms. The van der Waals surface area contributed by atoms with Crippen LogP contribution in [0.1, 0.15) is 56.8 Å². The average molecular weight is 392 g/mol. The number of carbonyl (C=O) groups excluding carboxylic acids is 1. The molecule has 1 aromatic carbocycles. The Hall–Kier alpha value is -2.40. The average Bonchev–Trinajstić information content (AvgIpc) is 3.41. The molecule has 2 bridgehead atoms. The van der Waals surface area contributed by atoms with Crippen molar-refractivity contribution < 1.29 is 13.9 Å². The topological polar surface area (TPSA) is 55.0 Å². The summed E-state index contributed by atoms with van der Waals surface area (Å²) in [7, 11) is 0. The van der Waals surface area contributed by atoms with Gasteiger partial charge in [0.1, 0.15) is 5.76 Å². The predicted molar refractivity (Wildman–Crippen MR) is 110 cm³/mol. The second kappa shape index (κ2) is 7.13. The van der Waals surface area contributed by atoms with Crippen LogP contribution in [0.5, 0.6) is 0 Å². The fourth-order valence-electron chi connectivity index (χ4n) is 5.41. The first kappa shape index (κ1) is 18.6. The van der Waals surface area contributed by atoms with E-state index in [2.05, 4.69) is 38.1 Å². The first-order valence-electron chi connectivity index (χ1n) is 10.8. The molecular weight excluding hydrogens is 364 g/mol. The van der Waals surface area contributed by atoms with Crippen LogP contribution in [0.15, 0.2) is 58.1 Å². The van der Waals surface area contributed by atoms with E-state index < -0.39 is 5.72 Å². The maximum absolute atomic E-state index is 13.6. The Balaban J connectivity index is 1.56. The molecule has 29 heavy (non-hydrogen) atoms. The van der Waals surface area contributed by atoms with Gasteiger partial charge in [0.05, 0.1) is 18.5 Å². The number of hydrogen-bond acceptors (Lipinski definition) is 4. The van der Waals surface area contributed by atoms with Gasteiger partial charge in [0, 0.05) is 12.3 Å². The summed E-state index contributed by atoms with van der Waals surface area (Å²) in [5, 5.41) is 0. The number of nitrogens with zero attached hydrogens (tertiary/aromatic N) is 2. The van der Waals surface area contributed by atoms with E-state index in [-0.39, 0.29) is 29.9 Å². The lowest BCUT2D eigenvalue weighted by Crippen LogP contribution is -2.52. The molecule has 5 atom stereocenters. The van der Waals surface area contributed by atoms with Gasteiger partial charge in [-0.25, -0.2) is 0 Å². The maximum atomic E-state index is 13.6. The van der Waals surface area contributed by atoms with Gasteiger partial charge in [-0.1, -0.05) is 50.6 Å². The smallest absolute Gasteiger partial charge is 0.229 e. The van der Waals surface area contributed by atoms with Crippen molar-refractivity contribution in [3.63, 3.8) is 0 Å². The molecule has 1 amide bonds. The third-order valence-corrected chi connectivity index (χ3v) is 6.94. The third-order valence-electron chi connectivity index (χ3n) is 6.94. The summed E-state index contributed by atoms with van der Waals surface area (Å²) < 4.78 is 12.2. The van der Waals surface area contributed by atoms with Gasteiger partial charge in [-0.05, 0) is 42.4 Å². The van der Waals surface area contributed by atoms with Crippen LogP contribution < -0.4 is 0 Å². The van der Waals surface area contributed by atoms with Crippen LogP contribution >= 0.6 is 0 Å². The van der Waals surface area contributed by atoms with Crippen LogP contribution in [0, 0.1) is 11.8 Å². The van der Waals surface area contributed by atoms with Gasteiger partial charge in [-0.15, -0.1) is 0 Å². The zero-order valence-electron chi connectivity index (χ0n) is 17.1. The number of hydrogen-bond donors (Lipinski definition) is 0. The van der Waals surface area contributed by atoms with Crippen molar-refractivity contribution in [2.75, 3.05) is 0 Å². The van der Waals surface area contributed by atoms with Gasteiger partial charge >= 0.3 is 0 Å². The van der Waals surface area contributed by atoms with Crippen molar-refractivity contribution in [2.45, 2.75) is 63.9 Å². The second-order valence-electron chi connectivity index (χ2n) is 8.62. The Kier molecular flexibility index (Phi) is 4.58. The minimum Gasteiger partial charge on any atom is -0.467 e. The molecule has 3 heterocycles. The first-order valence-corrected chi connectivity index (χ1v) is 10.8. The highest BCUT2D eigenvalue weighted by atomic mass is 16.6. The van der Waals surface area contributed by atoms with Crippen molar-refractivity contribution in [3.05, 3.63) is 60.1 Å². The molecule has 1 spiro atoms. The minimum absolute atomic E-state index is 0.0664. The molecule has 1 saturated carbocycles. The van der Waals surface area contributed by atoms with Crippen LogP contribution in [0.2, 0.25) is 0 Å². The van der Waals surface area contributed by atoms with E-state index >= 15 is 0 Å². The first-order chi connectivity index (χ1) is 14.1. The lowest BCUT2D eigenvalue weighted by atomic mass is 9.78. The van der Waals surface area contributed by atoms with Crippen molar-refractivity contribution in [3.8, 4) is 0 Å². The number of benzene rings is 1. The number of amides is 1. The van der Waals surface area contributed by atoms with Crippen LogP contribution in [-0.2, 0) is 16.1 Å². The van der Waals surface area contributed by atoms with E-state index in [0.29, 0.717) is 13.0 Å². The third kappa shape index (κ3) is 2.94. The van der Waals surface area contributed by atoms with Gasteiger partial charge < -0.3 is 14.1 Å². The normalized spacial score (nSPS) is 33.5. The quantitative estimate of drug-likeness (QED) is 0.738. The lowest BCUT2D eigenvalue weighted by Gasteiger charge is -2.37. The highest BCUT2D eigenvalue weighted by Gasteiger charge is 2.62. The number of carbonyl (C=O) groups is 1. The van der Waals surface area contributed by atoms with Gasteiger partial charge in [0.25, 0.3) is 0 Å². The van der Waals surface area contributed by atoms with Crippen molar-refractivity contribution in [2.24, 2.45) is 16.8 Å². The zero-order valence-corrected chi connectivity index (χ0v) is 17.1.